The Hall–Kier alpha value is -1.10. The van der Waals surface area contributed by atoms with E-state index in [-0.39, 0.29) is 0 Å². The molecular formula is C12H22N4O. The van der Waals surface area contributed by atoms with Gasteiger partial charge in [0, 0.05) is 13.1 Å². The van der Waals surface area contributed by atoms with Crippen LogP contribution in [0, 0.1) is 0 Å². The number of nitrogens with one attached hydrogen (secondary N) is 1. The first kappa shape index (κ1) is 12.4. The second-order valence-electron chi connectivity index (χ2n) is 4.70. The Labute approximate surface area is 103 Å². The maximum Gasteiger partial charge on any atom is 0.318 e. The van der Waals surface area contributed by atoms with Crippen molar-refractivity contribution in [1.82, 2.24) is 15.5 Å². The van der Waals surface area contributed by atoms with Crippen molar-refractivity contribution in [1.29, 1.82) is 0 Å². The zero-order valence-electron chi connectivity index (χ0n) is 10.8. The monoisotopic (exact) mass is 238 g/mol. The molecule has 1 aliphatic carbocycles. The van der Waals surface area contributed by atoms with Crippen LogP contribution >= 0.6 is 0 Å². The number of nitrogens with zero attached hydrogens (tertiary/aromatic N) is 3. The van der Waals surface area contributed by atoms with Crippen LogP contribution < -0.4 is 10.2 Å². The van der Waals surface area contributed by atoms with Gasteiger partial charge >= 0.3 is 6.01 Å². The standard InChI is InChI=1S/C12H22N4O/c1-3-8-13-9-11-14-15-12(17-11)16(2)10-6-4-5-7-10/h10,13H,3-9H2,1-2H3. The summed E-state index contributed by atoms with van der Waals surface area (Å²) in [6, 6.07) is 1.23. The Morgan fingerprint density at radius 2 is 2.12 bits per heavy atom. The van der Waals surface area contributed by atoms with E-state index in [1.54, 1.807) is 0 Å². The van der Waals surface area contributed by atoms with E-state index in [1.165, 1.54) is 25.7 Å². The summed E-state index contributed by atoms with van der Waals surface area (Å²) in [6.07, 6.45) is 6.22. The van der Waals surface area contributed by atoms with Gasteiger partial charge in [-0.25, -0.2) is 0 Å². The van der Waals surface area contributed by atoms with Gasteiger partial charge in [0.1, 0.15) is 0 Å². The lowest BCUT2D eigenvalue weighted by Crippen LogP contribution is -2.28. The number of rotatable bonds is 6. The molecule has 1 N–H and O–H groups in total. The molecule has 0 unspecified atom stereocenters. The summed E-state index contributed by atoms with van der Waals surface area (Å²) >= 11 is 0. The van der Waals surface area contributed by atoms with Crippen LogP contribution in [-0.4, -0.2) is 29.8 Å². The van der Waals surface area contributed by atoms with E-state index in [4.69, 9.17) is 4.42 Å². The molecule has 1 aromatic heterocycles. The van der Waals surface area contributed by atoms with Crippen LogP contribution in [-0.2, 0) is 6.54 Å². The van der Waals surface area contributed by atoms with Crippen LogP contribution in [0.1, 0.15) is 44.9 Å². The average Bonchev–Trinajstić information content (AvgIpc) is 3.00. The normalized spacial score (nSPS) is 16.6. The number of anilines is 1. The van der Waals surface area contributed by atoms with Gasteiger partial charge in [0.15, 0.2) is 0 Å². The second kappa shape index (κ2) is 6.00. The van der Waals surface area contributed by atoms with Gasteiger partial charge in [-0.1, -0.05) is 24.9 Å². The third-order valence-electron chi connectivity index (χ3n) is 3.33. The van der Waals surface area contributed by atoms with Gasteiger partial charge in [-0.2, -0.15) is 0 Å². The van der Waals surface area contributed by atoms with E-state index in [1.807, 2.05) is 7.05 Å². The number of hydrogen-bond acceptors (Lipinski definition) is 5. The van der Waals surface area contributed by atoms with E-state index >= 15 is 0 Å². The van der Waals surface area contributed by atoms with Gasteiger partial charge in [-0.3, -0.25) is 0 Å². The zero-order chi connectivity index (χ0) is 12.1. The third-order valence-corrected chi connectivity index (χ3v) is 3.33. The molecule has 0 amide bonds. The van der Waals surface area contributed by atoms with Gasteiger partial charge in [0.25, 0.3) is 0 Å². The lowest BCUT2D eigenvalue weighted by Gasteiger charge is -2.21. The van der Waals surface area contributed by atoms with Crippen molar-refractivity contribution in [2.24, 2.45) is 0 Å². The van der Waals surface area contributed by atoms with E-state index in [0.29, 0.717) is 24.5 Å². The lowest BCUT2D eigenvalue weighted by atomic mass is 10.2. The third kappa shape index (κ3) is 3.19. The van der Waals surface area contributed by atoms with Crippen LogP contribution in [0.2, 0.25) is 0 Å². The molecule has 1 aliphatic rings. The molecule has 0 spiro atoms. The number of hydrogen-bond donors (Lipinski definition) is 1. The zero-order valence-corrected chi connectivity index (χ0v) is 10.8. The van der Waals surface area contributed by atoms with Crippen molar-refractivity contribution < 1.29 is 4.42 Å². The minimum atomic E-state index is 0.576. The quantitative estimate of drug-likeness (QED) is 0.768. The predicted octanol–water partition coefficient (Wildman–Crippen LogP) is 1.95. The van der Waals surface area contributed by atoms with Crippen molar-refractivity contribution in [2.45, 2.75) is 51.6 Å². The highest BCUT2D eigenvalue weighted by atomic mass is 16.4. The Morgan fingerprint density at radius 1 is 1.35 bits per heavy atom. The molecule has 1 heterocycles. The van der Waals surface area contributed by atoms with E-state index in [0.717, 1.165) is 13.0 Å². The van der Waals surface area contributed by atoms with E-state index < -0.39 is 0 Å². The smallest absolute Gasteiger partial charge is 0.318 e. The Bertz CT molecular complexity index is 333. The molecule has 96 valence electrons. The summed E-state index contributed by atoms with van der Waals surface area (Å²) in [5.41, 5.74) is 0. The molecule has 17 heavy (non-hydrogen) atoms. The van der Waals surface area contributed by atoms with Crippen LogP contribution in [0.25, 0.3) is 0 Å². The van der Waals surface area contributed by atoms with Gasteiger partial charge in [-0.05, 0) is 25.8 Å². The summed E-state index contributed by atoms with van der Waals surface area (Å²) in [4.78, 5) is 2.13. The first-order chi connectivity index (χ1) is 8.31. The van der Waals surface area contributed by atoms with Crippen molar-refractivity contribution in [2.75, 3.05) is 18.5 Å². The molecule has 0 atom stereocenters. The minimum Gasteiger partial charge on any atom is -0.407 e. The van der Waals surface area contributed by atoms with Gasteiger partial charge in [-0.15, -0.1) is 5.10 Å². The maximum atomic E-state index is 5.65. The van der Waals surface area contributed by atoms with Crippen molar-refractivity contribution >= 4 is 6.01 Å². The molecule has 5 heteroatoms. The second-order valence-corrected chi connectivity index (χ2v) is 4.70. The summed E-state index contributed by atoms with van der Waals surface area (Å²) in [5.74, 6) is 0.679. The molecule has 0 aromatic carbocycles. The van der Waals surface area contributed by atoms with Crippen molar-refractivity contribution in [3.8, 4) is 0 Å². The molecule has 2 rings (SSSR count). The summed E-state index contributed by atoms with van der Waals surface area (Å²) in [7, 11) is 2.05. The highest BCUT2D eigenvalue weighted by Gasteiger charge is 2.23. The van der Waals surface area contributed by atoms with Gasteiger partial charge in [0.05, 0.1) is 6.54 Å². The first-order valence-electron chi connectivity index (χ1n) is 6.57. The lowest BCUT2D eigenvalue weighted by molar-refractivity contribution is 0.453. The van der Waals surface area contributed by atoms with Gasteiger partial charge in [0.2, 0.25) is 5.89 Å². The summed E-state index contributed by atoms with van der Waals surface area (Å²) in [5, 5.41) is 11.4. The van der Waals surface area contributed by atoms with E-state index in [9.17, 15) is 0 Å². The minimum absolute atomic E-state index is 0.576. The average molecular weight is 238 g/mol. The first-order valence-corrected chi connectivity index (χ1v) is 6.57. The Balaban J connectivity index is 1.88. The molecular weight excluding hydrogens is 216 g/mol. The SMILES string of the molecule is CCCNCc1nnc(N(C)C2CCCC2)o1. The predicted molar refractivity (Wildman–Crippen MR) is 67.0 cm³/mol. The van der Waals surface area contributed by atoms with Crippen LogP contribution in [0.15, 0.2) is 4.42 Å². The Kier molecular flexibility index (Phi) is 4.36. The van der Waals surface area contributed by atoms with Crippen molar-refractivity contribution in [3.63, 3.8) is 0 Å². The highest BCUT2D eigenvalue weighted by Crippen LogP contribution is 2.25. The maximum absolute atomic E-state index is 5.65. The molecule has 1 aromatic rings. The molecule has 1 fully saturated rings. The number of aromatic nitrogens is 2. The fraction of sp³-hybridized carbons (Fsp3) is 0.833. The van der Waals surface area contributed by atoms with Crippen LogP contribution in [0.5, 0.6) is 0 Å². The van der Waals surface area contributed by atoms with Crippen LogP contribution in [0.4, 0.5) is 6.01 Å². The fourth-order valence-corrected chi connectivity index (χ4v) is 2.28. The molecule has 1 saturated carbocycles. The largest absolute Gasteiger partial charge is 0.407 e. The van der Waals surface area contributed by atoms with Crippen molar-refractivity contribution in [3.05, 3.63) is 5.89 Å². The van der Waals surface area contributed by atoms with E-state index in [2.05, 4.69) is 27.3 Å². The highest BCUT2D eigenvalue weighted by molar-refractivity contribution is 5.25. The molecule has 5 nitrogen and oxygen atoms in total. The summed E-state index contributed by atoms with van der Waals surface area (Å²) in [6.45, 7) is 3.79. The Morgan fingerprint density at radius 3 is 2.82 bits per heavy atom. The molecule has 0 radical (unpaired) electrons. The van der Waals surface area contributed by atoms with Gasteiger partial charge < -0.3 is 14.6 Å². The molecule has 0 bridgehead atoms. The molecule has 0 saturated heterocycles. The molecule has 0 aliphatic heterocycles. The van der Waals surface area contributed by atoms with Crippen LogP contribution in [0.3, 0.4) is 0 Å². The fourth-order valence-electron chi connectivity index (χ4n) is 2.28. The topological polar surface area (TPSA) is 54.2 Å². The summed E-state index contributed by atoms with van der Waals surface area (Å²) < 4.78 is 5.65.